The minimum Gasteiger partial charge on any atom is -0.508 e. The van der Waals surface area contributed by atoms with E-state index in [9.17, 15) is 20.4 Å². The summed E-state index contributed by atoms with van der Waals surface area (Å²) < 4.78 is 0. The summed E-state index contributed by atoms with van der Waals surface area (Å²) in [6, 6.07) is 21.9. The van der Waals surface area contributed by atoms with E-state index >= 15 is 0 Å². The van der Waals surface area contributed by atoms with E-state index in [0.717, 1.165) is 50.9 Å². The first-order valence-corrected chi connectivity index (χ1v) is 13.6. The van der Waals surface area contributed by atoms with E-state index in [1.165, 1.54) is 0 Å². The van der Waals surface area contributed by atoms with Crippen molar-refractivity contribution in [3.63, 3.8) is 0 Å². The van der Waals surface area contributed by atoms with Crippen molar-refractivity contribution >= 4 is 0 Å². The molecule has 0 aliphatic rings. The summed E-state index contributed by atoms with van der Waals surface area (Å²) in [6.45, 7) is 14.8. The van der Waals surface area contributed by atoms with Gasteiger partial charge >= 0.3 is 0 Å². The number of phenolic OH excluding ortho intramolecular Hbond substituents is 4. The summed E-state index contributed by atoms with van der Waals surface area (Å²) in [5.74, 6) is 0.787. The normalized spacial score (nSPS) is 12.2. The molecule has 0 aromatic heterocycles. The average molecular weight is 525 g/mol. The predicted molar refractivity (Wildman–Crippen MR) is 160 cm³/mol. The quantitative estimate of drug-likeness (QED) is 0.210. The molecule has 4 rings (SSSR count). The van der Waals surface area contributed by atoms with Gasteiger partial charge in [0.2, 0.25) is 0 Å². The number of phenols is 4. The molecule has 4 heteroatoms. The van der Waals surface area contributed by atoms with Crippen molar-refractivity contribution in [2.75, 3.05) is 0 Å². The van der Waals surface area contributed by atoms with Crippen LogP contribution in [-0.2, 0) is 10.8 Å². The lowest BCUT2D eigenvalue weighted by atomic mass is 9.71. The molecule has 0 amide bonds. The van der Waals surface area contributed by atoms with Gasteiger partial charge in [-0.15, -0.1) is 0 Å². The lowest BCUT2D eigenvalue weighted by molar-refractivity contribution is 0.440. The van der Waals surface area contributed by atoms with Gasteiger partial charge in [-0.3, -0.25) is 0 Å². The van der Waals surface area contributed by atoms with Crippen LogP contribution < -0.4 is 0 Å². The van der Waals surface area contributed by atoms with Crippen molar-refractivity contribution in [3.8, 4) is 45.3 Å². The van der Waals surface area contributed by atoms with E-state index in [2.05, 4.69) is 60.6 Å². The average Bonchev–Trinajstić information content (AvgIpc) is 2.84. The van der Waals surface area contributed by atoms with Gasteiger partial charge in [-0.25, -0.2) is 0 Å². The molecule has 0 aliphatic carbocycles. The molecule has 0 fully saturated rings. The Morgan fingerprint density at radius 1 is 0.513 bits per heavy atom. The second-order valence-corrected chi connectivity index (χ2v) is 12.4. The first-order valence-electron chi connectivity index (χ1n) is 13.6. The number of hydrogen-bond donors (Lipinski definition) is 4. The Kier molecular flexibility index (Phi) is 7.44. The molecular formula is C35H40O4. The Hall–Kier alpha value is -3.92. The molecule has 4 aromatic carbocycles. The van der Waals surface area contributed by atoms with E-state index in [0.29, 0.717) is 0 Å². The molecule has 0 unspecified atom stereocenters. The van der Waals surface area contributed by atoms with Gasteiger partial charge in [-0.05, 0) is 63.8 Å². The fourth-order valence-electron chi connectivity index (χ4n) is 5.73. The first-order chi connectivity index (χ1) is 18.2. The standard InChI is InChI=1S/C35H40O4/c1-8-25(28-19-17-26(21-9-13-23(36)14-10-21)32(38)30(28)34(2,3)4)29-20-18-27(22-11-15-24(37)16-12-22)33(39)31(29)35(5,6)7/h9-20,25,36-39H,8H2,1-7H3. The van der Waals surface area contributed by atoms with Gasteiger partial charge in [0, 0.05) is 28.2 Å². The van der Waals surface area contributed by atoms with Crippen molar-refractivity contribution in [1.82, 2.24) is 0 Å². The SMILES string of the molecule is CCC(c1ccc(-c2ccc(O)cc2)c(O)c1C(C)(C)C)c1ccc(-c2ccc(O)cc2)c(O)c1C(C)(C)C. The Balaban J connectivity index is 1.96. The number of benzene rings is 4. The smallest absolute Gasteiger partial charge is 0.127 e. The summed E-state index contributed by atoms with van der Waals surface area (Å²) in [6.07, 6.45) is 0.780. The molecule has 4 N–H and O–H groups in total. The van der Waals surface area contributed by atoms with Crippen LogP contribution in [0, 0.1) is 0 Å². The summed E-state index contributed by atoms with van der Waals surface area (Å²) >= 11 is 0. The molecule has 0 heterocycles. The molecule has 0 radical (unpaired) electrons. The minimum atomic E-state index is -0.352. The molecule has 4 nitrogen and oxygen atoms in total. The zero-order chi connectivity index (χ0) is 28.7. The van der Waals surface area contributed by atoms with Crippen LogP contribution in [0.15, 0.2) is 72.8 Å². The number of rotatable bonds is 5. The maximum atomic E-state index is 11.7. The van der Waals surface area contributed by atoms with Crippen molar-refractivity contribution in [2.24, 2.45) is 0 Å². The third kappa shape index (κ3) is 5.47. The predicted octanol–water partition coefficient (Wildman–Crippen LogP) is 8.98. The number of aromatic hydroxyl groups is 4. The summed E-state index contributed by atoms with van der Waals surface area (Å²) in [5.41, 5.74) is 6.23. The van der Waals surface area contributed by atoms with Gasteiger partial charge in [-0.1, -0.05) is 97.0 Å². The molecule has 39 heavy (non-hydrogen) atoms. The molecule has 0 aliphatic heterocycles. The van der Waals surface area contributed by atoms with E-state index in [1.807, 2.05) is 36.4 Å². The highest BCUT2D eigenvalue weighted by atomic mass is 16.3. The highest BCUT2D eigenvalue weighted by Crippen LogP contribution is 2.49. The Morgan fingerprint density at radius 3 is 1.13 bits per heavy atom. The van der Waals surface area contributed by atoms with E-state index in [1.54, 1.807) is 24.3 Å². The highest BCUT2D eigenvalue weighted by molar-refractivity contribution is 5.76. The van der Waals surface area contributed by atoms with Crippen LogP contribution >= 0.6 is 0 Å². The third-order valence-electron chi connectivity index (χ3n) is 7.44. The molecule has 0 bridgehead atoms. The lowest BCUT2D eigenvalue weighted by Gasteiger charge is -2.33. The van der Waals surface area contributed by atoms with Gasteiger partial charge in [-0.2, -0.15) is 0 Å². The van der Waals surface area contributed by atoms with Crippen LogP contribution in [0.2, 0.25) is 0 Å². The number of hydrogen-bond acceptors (Lipinski definition) is 4. The van der Waals surface area contributed by atoms with Crippen LogP contribution in [0.4, 0.5) is 0 Å². The maximum absolute atomic E-state index is 11.7. The van der Waals surface area contributed by atoms with E-state index < -0.39 is 0 Å². The fraction of sp³-hybridized carbons (Fsp3) is 0.314. The first kappa shape index (κ1) is 28.1. The van der Waals surface area contributed by atoms with Crippen molar-refractivity contribution < 1.29 is 20.4 Å². The highest BCUT2D eigenvalue weighted by Gasteiger charge is 2.33. The van der Waals surface area contributed by atoms with Gasteiger partial charge < -0.3 is 20.4 Å². The van der Waals surface area contributed by atoms with Gasteiger partial charge in [0.15, 0.2) is 0 Å². The Bertz CT molecular complexity index is 1360. The van der Waals surface area contributed by atoms with Crippen LogP contribution in [-0.4, -0.2) is 20.4 Å². The summed E-state index contributed by atoms with van der Waals surface area (Å²) in [5, 5.41) is 42.9. The van der Waals surface area contributed by atoms with Gasteiger partial charge in [0.1, 0.15) is 23.0 Å². The molecule has 0 spiro atoms. The lowest BCUT2D eigenvalue weighted by Crippen LogP contribution is -2.21. The molecule has 4 aromatic rings. The van der Waals surface area contributed by atoms with Crippen LogP contribution in [0.3, 0.4) is 0 Å². The van der Waals surface area contributed by atoms with Gasteiger partial charge in [0.05, 0.1) is 0 Å². The summed E-state index contributed by atoms with van der Waals surface area (Å²) in [4.78, 5) is 0. The zero-order valence-corrected chi connectivity index (χ0v) is 24.0. The molecule has 204 valence electrons. The van der Waals surface area contributed by atoms with Gasteiger partial charge in [0.25, 0.3) is 0 Å². The Labute approximate surface area is 232 Å². The maximum Gasteiger partial charge on any atom is 0.127 e. The second kappa shape index (κ2) is 10.3. The van der Waals surface area contributed by atoms with Crippen LogP contribution in [0.1, 0.15) is 83.1 Å². The monoisotopic (exact) mass is 524 g/mol. The van der Waals surface area contributed by atoms with E-state index in [4.69, 9.17) is 0 Å². The molecular weight excluding hydrogens is 484 g/mol. The summed E-state index contributed by atoms with van der Waals surface area (Å²) in [7, 11) is 0. The zero-order valence-electron chi connectivity index (χ0n) is 24.0. The second-order valence-electron chi connectivity index (χ2n) is 12.4. The van der Waals surface area contributed by atoms with Crippen molar-refractivity contribution in [3.05, 3.63) is 95.1 Å². The van der Waals surface area contributed by atoms with E-state index in [-0.39, 0.29) is 39.7 Å². The van der Waals surface area contributed by atoms with Crippen LogP contribution in [0.5, 0.6) is 23.0 Å². The largest absolute Gasteiger partial charge is 0.508 e. The van der Waals surface area contributed by atoms with Crippen molar-refractivity contribution in [2.45, 2.75) is 71.6 Å². The van der Waals surface area contributed by atoms with Crippen LogP contribution in [0.25, 0.3) is 22.3 Å². The fourth-order valence-corrected chi connectivity index (χ4v) is 5.73. The molecule has 0 saturated heterocycles. The Morgan fingerprint density at radius 2 is 0.846 bits per heavy atom. The molecule has 0 atom stereocenters. The van der Waals surface area contributed by atoms with Crippen molar-refractivity contribution in [1.29, 1.82) is 0 Å². The molecule has 0 saturated carbocycles. The topological polar surface area (TPSA) is 80.9 Å². The third-order valence-corrected chi connectivity index (χ3v) is 7.44. The minimum absolute atomic E-state index is 0.0621.